The molecule has 1 aromatic carbocycles. The van der Waals surface area contributed by atoms with Crippen molar-refractivity contribution in [2.24, 2.45) is 0 Å². The lowest BCUT2D eigenvalue weighted by atomic mass is 9.94. The molecule has 2 N–H and O–H groups in total. The molecule has 21 heavy (non-hydrogen) atoms. The molecule has 0 aliphatic rings. The van der Waals surface area contributed by atoms with Crippen LogP contribution in [-0.2, 0) is 0 Å². The first kappa shape index (κ1) is 15.7. The number of halogens is 1. The fourth-order valence-corrected chi connectivity index (χ4v) is 2.47. The summed E-state index contributed by atoms with van der Waals surface area (Å²) < 4.78 is 0. The van der Waals surface area contributed by atoms with E-state index in [4.69, 9.17) is 16.7 Å². The summed E-state index contributed by atoms with van der Waals surface area (Å²) in [6.45, 7) is 3.94. The smallest absolute Gasteiger partial charge is 0.253 e. The second-order valence-corrected chi connectivity index (χ2v) is 5.71. The highest BCUT2D eigenvalue weighted by atomic mass is 35.5. The van der Waals surface area contributed by atoms with Gasteiger partial charge in [-0.1, -0.05) is 42.8 Å². The number of carbonyl (C=O) groups excluding carboxylic acids is 1. The van der Waals surface area contributed by atoms with Crippen molar-refractivity contribution in [3.8, 4) is 0 Å². The molecule has 1 aromatic heterocycles. The molecule has 1 atom stereocenters. The number of amides is 1. The number of aliphatic hydroxyl groups excluding tert-OH is 1. The Hall–Kier alpha value is -1.65. The van der Waals surface area contributed by atoms with Crippen molar-refractivity contribution in [3.63, 3.8) is 0 Å². The quantitative estimate of drug-likeness (QED) is 0.834. The second-order valence-electron chi connectivity index (χ2n) is 5.35. The molecule has 5 heteroatoms. The van der Waals surface area contributed by atoms with Crippen molar-refractivity contribution in [1.82, 2.24) is 10.3 Å². The van der Waals surface area contributed by atoms with E-state index in [9.17, 15) is 4.79 Å². The molecule has 0 bridgehead atoms. The van der Waals surface area contributed by atoms with Crippen LogP contribution in [-0.4, -0.2) is 28.1 Å². The number of pyridine rings is 1. The van der Waals surface area contributed by atoms with Crippen LogP contribution in [0.4, 0.5) is 0 Å². The van der Waals surface area contributed by atoms with Crippen LogP contribution in [0.25, 0.3) is 10.8 Å². The Morgan fingerprint density at radius 3 is 2.67 bits per heavy atom. The minimum absolute atomic E-state index is 0.0320. The maximum Gasteiger partial charge on any atom is 0.253 e. The monoisotopic (exact) mass is 306 g/mol. The Morgan fingerprint density at radius 1 is 1.38 bits per heavy atom. The van der Waals surface area contributed by atoms with Crippen LogP contribution in [0.2, 0.25) is 5.15 Å². The summed E-state index contributed by atoms with van der Waals surface area (Å²) in [7, 11) is 0. The van der Waals surface area contributed by atoms with E-state index in [0.29, 0.717) is 17.1 Å². The maximum absolute atomic E-state index is 12.5. The van der Waals surface area contributed by atoms with E-state index >= 15 is 0 Å². The molecule has 1 heterocycles. The molecular formula is C16H19ClN2O2. The molecule has 0 saturated heterocycles. The van der Waals surface area contributed by atoms with Gasteiger partial charge in [0.15, 0.2) is 0 Å². The highest BCUT2D eigenvalue weighted by Gasteiger charge is 2.25. The van der Waals surface area contributed by atoms with E-state index in [1.165, 1.54) is 6.20 Å². The van der Waals surface area contributed by atoms with Crippen molar-refractivity contribution >= 4 is 28.3 Å². The molecule has 0 aliphatic heterocycles. The van der Waals surface area contributed by atoms with Crippen LogP contribution in [0.1, 0.15) is 37.0 Å². The Balaban J connectivity index is 2.38. The molecule has 2 aromatic rings. The fraction of sp³-hybridized carbons (Fsp3) is 0.375. The van der Waals surface area contributed by atoms with Crippen LogP contribution in [0.5, 0.6) is 0 Å². The molecule has 1 unspecified atom stereocenters. The normalized spacial score (nSPS) is 13.9. The number of carbonyl (C=O) groups is 1. The van der Waals surface area contributed by atoms with E-state index in [1.807, 2.05) is 38.1 Å². The number of fused-ring (bicyclic) bond motifs is 1. The van der Waals surface area contributed by atoms with E-state index in [-0.39, 0.29) is 12.5 Å². The predicted molar refractivity (Wildman–Crippen MR) is 84.6 cm³/mol. The highest BCUT2D eigenvalue weighted by Crippen LogP contribution is 2.25. The zero-order valence-corrected chi connectivity index (χ0v) is 12.9. The third-order valence-corrected chi connectivity index (χ3v) is 4.15. The molecule has 0 saturated carbocycles. The summed E-state index contributed by atoms with van der Waals surface area (Å²) in [5.41, 5.74) is 0.0552. The van der Waals surface area contributed by atoms with E-state index in [2.05, 4.69) is 10.3 Å². The van der Waals surface area contributed by atoms with Gasteiger partial charge in [0.05, 0.1) is 5.56 Å². The van der Waals surface area contributed by atoms with Gasteiger partial charge in [-0.25, -0.2) is 4.98 Å². The topological polar surface area (TPSA) is 62.2 Å². The van der Waals surface area contributed by atoms with Gasteiger partial charge < -0.3 is 10.4 Å². The molecule has 1 amide bonds. The Morgan fingerprint density at radius 2 is 2.05 bits per heavy atom. The van der Waals surface area contributed by atoms with Crippen molar-refractivity contribution in [2.75, 3.05) is 6.61 Å². The largest absolute Gasteiger partial charge is 0.396 e. The van der Waals surface area contributed by atoms with Crippen molar-refractivity contribution in [1.29, 1.82) is 0 Å². The number of aliphatic hydroxyl groups is 1. The minimum atomic E-state index is -0.438. The summed E-state index contributed by atoms with van der Waals surface area (Å²) in [5, 5.41) is 14.1. The number of hydrogen-bond donors (Lipinski definition) is 2. The third-order valence-electron chi connectivity index (χ3n) is 3.85. The van der Waals surface area contributed by atoms with Crippen LogP contribution >= 0.6 is 11.6 Å². The number of rotatable bonds is 5. The fourth-order valence-electron chi connectivity index (χ4n) is 2.25. The number of nitrogens with one attached hydrogen (secondary N) is 1. The van der Waals surface area contributed by atoms with Gasteiger partial charge in [-0.05, 0) is 25.2 Å². The molecular weight excluding hydrogens is 288 g/mol. The number of benzene rings is 1. The summed E-state index contributed by atoms with van der Waals surface area (Å²) in [6.07, 6.45) is 2.74. The number of nitrogens with zero attached hydrogens (tertiary/aromatic N) is 1. The standard InChI is InChI=1S/C16H19ClN2O2/c1-3-16(2,8-9-20)19-15(21)13-10-18-14(17)12-7-5-4-6-11(12)13/h4-7,10,20H,3,8-9H2,1-2H3,(H,19,21). The molecule has 0 radical (unpaired) electrons. The van der Waals surface area contributed by atoms with Gasteiger partial charge in [0.1, 0.15) is 5.15 Å². The molecule has 0 spiro atoms. The third kappa shape index (κ3) is 3.34. The number of hydrogen-bond acceptors (Lipinski definition) is 3. The first-order valence-electron chi connectivity index (χ1n) is 6.97. The summed E-state index contributed by atoms with van der Waals surface area (Å²) in [5.74, 6) is -0.201. The molecule has 112 valence electrons. The van der Waals surface area contributed by atoms with Gasteiger partial charge in [-0.3, -0.25) is 4.79 Å². The van der Waals surface area contributed by atoms with E-state index < -0.39 is 5.54 Å². The minimum Gasteiger partial charge on any atom is -0.396 e. The first-order chi connectivity index (χ1) is 10.0. The summed E-state index contributed by atoms with van der Waals surface area (Å²) in [6, 6.07) is 7.42. The maximum atomic E-state index is 12.5. The van der Waals surface area contributed by atoms with E-state index in [1.54, 1.807) is 0 Å². The van der Waals surface area contributed by atoms with Crippen LogP contribution in [0.3, 0.4) is 0 Å². The molecule has 0 aliphatic carbocycles. The lowest BCUT2D eigenvalue weighted by Crippen LogP contribution is -2.46. The van der Waals surface area contributed by atoms with Crippen molar-refractivity contribution in [3.05, 3.63) is 41.2 Å². The zero-order valence-electron chi connectivity index (χ0n) is 12.2. The lowest BCUT2D eigenvalue weighted by Gasteiger charge is -2.29. The summed E-state index contributed by atoms with van der Waals surface area (Å²) >= 11 is 6.07. The summed E-state index contributed by atoms with van der Waals surface area (Å²) in [4.78, 5) is 16.6. The molecule has 0 fully saturated rings. The Labute approximate surface area is 129 Å². The lowest BCUT2D eigenvalue weighted by molar-refractivity contribution is 0.0887. The highest BCUT2D eigenvalue weighted by molar-refractivity contribution is 6.34. The Bertz CT molecular complexity index is 660. The van der Waals surface area contributed by atoms with Crippen molar-refractivity contribution < 1.29 is 9.90 Å². The molecule has 2 rings (SSSR count). The van der Waals surface area contributed by atoms with Crippen LogP contribution in [0.15, 0.2) is 30.5 Å². The SMILES string of the molecule is CCC(C)(CCO)NC(=O)c1cnc(Cl)c2ccccc12. The van der Waals surface area contributed by atoms with E-state index in [0.717, 1.165) is 17.2 Å². The first-order valence-corrected chi connectivity index (χ1v) is 7.35. The zero-order chi connectivity index (χ0) is 15.5. The van der Waals surface area contributed by atoms with Gasteiger partial charge in [0, 0.05) is 23.7 Å². The van der Waals surface area contributed by atoms with Crippen molar-refractivity contribution in [2.45, 2.75) is 32.2 Å². The van der Waals surface area contributed by atoms with Gasteiger partial charge >= 0.3 is 0 Å². The van der Waals surface area contributed by atoms with Crippen LogP contribution in [0, 0.1) is 0 Å². The molecule has 4 nitrogen and oxygen atoms in total. The second kappa shape index (κ2) is 6.41. The predicted octanol–water partition coefficient (Wildman–Crippen LogP) is 3.17. The van der Waals surface area contributed by atoms with Gasteiger partial charge in [0.2, 0.25) is 0 Å². The average molecular weight is 307 g/mol. The average Bonchev–Trinajstić information content (AvgIpc) is 2.48. The van der Waals surface area contributed by atoms with Gasteiger partial charge in [0.25, 0.3) is 5.91 Å². The van der Waals surface area contributed by atoms with Gasteiger partial charge in [-0.15, -0.1) is 0 Å². The van der Waals surface area contributed by atoms with Gasteiger partial charge in [-0.2, -0.15) is 0 Å². The Kier molecular flexibility index (Phi) is 4.80. The number of aromatic nitrogens is 1. The van der Waals surface area contributed by atoms with Crippen LogP contribution < -0.4 is 5.32 Å².